The van der Waals surface area contributed by atoms with Gasteiger partial charge in [0.2, 0.25) is 0 Å². The monoisotopic (exact) mass is 267 g/mol. The lowest BCUT2D eigenvalue weighted by Gasteiger charge is -2.01. The van der Waals surface area contributed by atoms with Gasteiger partial charge in [-0.05, 0) is 19.4 Å². The smallest absolute Gasteiger partial charge is 0.171 e. The molecule has 1 rings (SSSR count). The third-order valence-electron chi connectivity index (χ3n) is 3.53. The van der Waals surface area contributed by atoms with Gasteiger partial charge in [-0.1, -0.05) is 51.9 Å². The lowest BCUT2D eigenvalue weighted by Crippen LogP contribution is -3.00. The van der Waals surface area contributed by atoms with Gasteiger partial charge >= 0.3 is 0 Å². The summed E-state index contributed by atoms with van der Waals surface area (Å²) in [6.45, 7) is 5.62. The Labute approximate surface area is 118 Å². The predicted molar refractivity (Wildman–Crippen MR) is 78.6 cm³/mol. The molecule has 1 nitrogen and oxygen atoms in total. The zero-order chi connectivity index (χ0) is 13.1. The fourth-order valence-electron chi connectivity index (χ4n) is 2.40. The Hall–Kier alpha value is -0.920. The largest absolute Gasteiger partial charge is 1.00 e. The van der Waals surface area contributed by atoms with Crippen LogP contribution in [0.1, 0.15) is 70.3 Å². The van der Waals surface area contributed by atoms with E-state index >= 15 is 0 Å². The summed E-state index contributed by atoms with van der Waals surface area (Å²) in [6, 6.07) is 4.30. The Morgan fingerprint density at radius 1 is 0.895 bits per heavy atom. The number of aromatic nitrogens is 1. The van der Waals surface area contributed by atoms with Crippen LogP contribution in [0, 0.1) is 6.92 Å². The van der Waals surface area contributed by atoms with Crippen molar-refractivity contribution >= 4 is 0 Å². The van der Waals surface area contributed by atoms with Crippen molar-refractivity contribution in [2.45, 2.75) is 78.2 Å². The highest BCUT2D eigenvalue weighted by Gasteiger charge is 1.99. The van der Waals surface area contributed by atoms with Crippen molar-refractivity contribution in [1.82, 2.24) is 0 Å². The molecule has 2 heteroatoms. The van der Waals surface area contributed by atoms with Crippen LogP contribution in [0.25, 0.3) is 0 Å². The zero-order valence-electron chi connectivity index (χ0n) is 12.7. The van der Waals surface area contributed by atoms with Crippen molar-refractivity contribution in [3.63, 3.8) is 0 Å². The SMILES string of the molecule is CCCCCCCCCCC[n+]1cccc(C)c1.[F-]. The molecule has 0 aliphatic rings. The summed E-state index contributed by atoms with van der Waals surface area (Å²) < 4.78 is 2.32. The summed E-state index contributed by atoms with van der Waals surface area (Å²) in [7, 11) is 0. The van der Waals surface area contributed by atoms with Gasteiger partial charge in [0.15, 0.2) is 12.4 Å². The maximum Gasteiger partial charge on any atom is 0.171 e. The molecule has 0 radical (unpaired) electrons. The van der Waals surface area contributed by atoms with Gasteiger partial charge in [0.25, 0.3) is 0 Å². The predicted octanol–water partition coefficient (Wildman–Crippen LogP) is 1.82. The Balaban J connectivity index is 0.00000324. The molecule has 0 bridgehead atoms. The third-order valence-corrected chi connectivity index (χ3v) is 3.53. The molecule has 0 aliphatic heterocycles. The lowest BCUT2D eigenvalue weighted by molar-refractivity contribution is -0.697. The van der Waals surface area contributed by atoms with E-state index in [1.165, 1.54) is 69.9 Å². The topological polar surface area (TPSA) is 3.88 Å². The van der Waals surface area contributed by atoms with Gasteiger partial charge in [-0.25, -0.2) is 4.57 Å². The number of hydrogen-bond acceptors (Lipinski definition) is 0. The summed E-state index contributed by atoms with van der Waals surface area (Å²) in [4.78, 5) is 0. The molecule has 0 aliphatic carbocycles. The van der Waals surface area contributed by atoms with E-state index in [2.05, 4.69) is 42.9 Å². The highest BCUT2D eigenvalue weighted by molar-refractivity contribution is 5.01. The van der Waals surface area contributed by atoms with Crippen LogP contribution < -0.4 is 9.27 Å². The highest BCUT2D eigenvalue weighted by Crippen LogP contribution is 2.09. The van der Waals surface area contributed by atoms with Gasteiger partial charge in [-0.15, -0.1) is 0 Å². The number of halogens is 1. The van der Waals surface area contributed by atoms with Gasteiger partial charge in [-0.3, -0.25) is 0 Å². The second-order valence-electron chi connectivity index (χ2n) is 5.45. The molecule has 0 fully saturated rings. The van der Waals surface area contributed by atoms with E-state index in [0.717, 1.165) is 0 Å². The number of hydrogen-bond donors (Lipinski definition) is 0. The van der Waals surface area contributed by atoms with Crippen LogP contribution in [-0.2, 0) is 6.54 Å². The molecule has 0 saturated heterocycles. The molecule has 110 valence electrons. The molecule has 0 atom stereocenters. The van der Waals surface area contributed by atoms with Crippen molar-refractivity contribution < 1.29 is 9.27 Å². The van der Waals surface area contributed by atoms with Gasteiger partial charge in [0, 0.05) is 18.1 Å². The fraction of sp³-hybridized carbons (Fsp3) is 0.706. The van der Waals surface area contributed by atoms with Gasteiger partial charge < -0.3 is 4.70 Å². The molecular weight excluding hydrogens is 237 g/mol. The average Bonchev–Trinajstić information content (AvgIpc) is 2.37. The minimum atomic E-state index is 0. The lowest BCUT2D eigenvalue weighted by atomic mass is 10.1. The summed E-state index contributed by atoms with van der Waals surface area (Å²) in [5.74, 6) is 0. The van der Waals surface area contributed by atoms with E-state index in [1.807, 2.05) is 0 Å². The van der Waals surface area contributed by atoms with Crippen molar-refractivity contribution in [2.75, 3.05) is 0 Å². The van der Waals surface area contributed by atoms with Crippen molar-refractivity contribution in [2.24, 2.45) is 0 Å². The number of pyridine rings is 1. The molecule has 1 aromatic rings. The van der Waals surface area contributed by atoms with Crippen LogP contribution >= 0.6 is 0 Å². The van der Waals surface area contributed by atoms with Crippen LogP contribution in [0.15, 0.2) is 24.5 Å². The molecule has 0 spiro atoms. The summed E-state index contributed by atoms with van der Waals surface area (Å²) in [6.07, 6.45) is 17.1. The number of aryl methyl sites for hydroxylation is 2. The normalized spacial score (nSPS) is 10.2. The zero-order valence-corrected chi connectivity index (χ0v) is 12.7. The first kappa shape index (κ1) is 18.1. The first-order valence-electron chi connectivity index (χ1n) is 7.78. The van der Waals surface area contributed by atoms with E-state index in [-0.39, 0.29) is 4.70 Å². The maximum absolute atomic E-state index is 2.32. The van der Waals surface area contributed by atoms with Crippen molar-refractivity contribution in [3.8, 4) is 0 Å². The van der Waals surface area contributed by atoms with Gasteiger partial charge in [0.1, 0.15) is 6.54 Å². The van der Waals surface area contributed by atoms with Crippen LogP contribution in [0.5, 0.6) is 0 Å². The molecular formula is C17H30FN. The Kier molecular flexibility index (Phi) is 11.5. The van der Waals surface area contributed by atoms with Gasteiger partial charge in [0.05, 0.1) is 0 Å². The van der Waals surface area contributed by atoms with Gasteiger partial charge in [-0.2, -0.15) is 0 Å². The number of rotatable bonds is 10. The molecule has 19 heavy (non-hydrogen) atoms. The second-order valence-corrected chi connectivity index (χ2v) is 5.45. The van der Waals surface area contributed by atoms with Crippen LogP contribution in [0.4, 0.5) is 0 Å². The summed E-state index contributed by atoms with van der Waals surface area (Å²) in [5, 5.41) is 0. The molecule has 1 aromatic heterocycles. The Morgan fingerprint density at radius 2 is 1.47 bits per heavy atom. The highest BCUT2D eigenvalue weighted by atomic mass is 19.0. The van der Waals surface area contributed by atoms with Crippen LogP contribution in [-0.4, -0.2) is 0 Å². The van der Waals surface area contributed by atoms with Crippen LogP contribution in [0.3, 0.4) is 0 Å². The molecule has 1 heterocycles. The van der Waals surface area contributed by atoms with Crippen molar-refractivity contribution in [1.29, 1.82) is 0 Å². The van der Waals surface area contributed by atoms with E-state index in [0.29, 0.717) is 0 Å². The minimum absolute atomic E-state index is 0. The molecule has 0 N–H and O–H groups in total. The molecule has 0 amide bonds. The molecule has 0 saturated carbocycles. The standard InChI is InChI=1S/C17H30N.FH/c1-3-4-5-6-7-8-9-10-11-14-18-15-12-13-17(2)16-18;/h12-13,15-16H,3-11,14H2,1-2H3;1H/q+1;/p-1. The molecule has 0 unspecified atom stereocenters. The third kappa shape index (κ3) is 9.63. The van der Waals surface area contributed by atoms with E-state index in [1.54, 1.807) is 0 Å². The first-order valence-corrected chi connectivity index (χ1v) is 7.78. The minimum Gasteiger partial charge on any atom is -1.00 e. The quantitative estimate of drug-likeness (QED) is 0.450. The van der Waals surface area contributed by atoms with E-state index in [4.69, 9.17) is 0 Å². The van der Waals surface area contributed by atoms with Crippen LogP contribution in [0.2, 0.25) is 0 Å². The molecule has 0 aromatic carbocycles. The number of unbranched alkanes of at least 4 members (excludes halogenated alkanes) is 8. The Bertz CT molecular complexity index is 312. The average molecular weight is 267 g/mol. The maximum atomic E-state index is 2.32. The fourth-order valence-corrected chi connectivity index (χ4v) is 2.40. The van der Waals surface area contributed by atoms with E-state index < -0.39 is 0 Å². The summed E-state index contributed by atoms with van der Waals surface area (Å²) >= 11 is 0. The first-order chi connectivity index (χ1) is 8.83. The van der Waals surface area contributed by atoms with E-state index in [9.17, 15) is 0 Å². The second kappa shape index (κ2) is 12.1. The summed E-state index contributed by atoms with van der Waals surface area (Å²) in [5.41, 5.74) is 1.36. The Morgan fingerprint density at radius 3 is 2.05 bits per heavy atom. The van der Waals surface area contributed by atoms with Crippen molar-refractivity contribution in [3.05, 3.63) is 30.1 Å². The number of nitrogens with zero attached hydrogens (tertiary/aromatic N) is 1.